The summed E-state index contributed by atoms with van der Waals surface area (Å²) >= 11 is 11.0. The molecule has 20 heavy (non-hydrogen) atoms. The molecule has 1 N–H and O–H groups in total. The fraction of sp³-hybridized carbons (Fsp3) is 0.0714. The summed E-state index contributed by atoms with van der Waals surface area (Å²) in [4.78, 5) is 4.52. The number of rotatable bonds is 3. The lowest BCUT2D eigenvalue weighted by Gasteiger charge is -2.07. The van der Waals surface area contributed by atoms with E-state index in [1.807, 2.05) is 36.4 Å². The zero-order valence-electron chi connectivity index (χ0n) is 10.5. The van der Waals surface area contributed by atoms with Gasteiger partial charge in [0.25, 0.3) is 0 Å². The molecule has 3 nitrogen and oxygen atoms in total. The van der Waals surface area contributed by atoms with Crippen molar-refractivity contribution in [3.05, 3.63) is 45.9 Å². The van der Waals surface area contributed by atoms with Crippen molar-refractivity contribution in [1.82, 2.24) is 4.98 Å². The Balaban J connectivity index is 1.92. The number of ether oxygens (including phenoxy) is 1. The smallest absolute Gasteiger partial charge is 0.188 e. The molecule has 0 unspecified atom stereocenters. The van der Waals surface area contributed by atoms with Gasteiger partial charge in [-0.05, 0) is 46.3 Å². The van der Waals surface area contributed by atoms with Crippen LogP contribution in [0.4, 0.5) is 10.8 Å². The summed E-state index contributed by atoms with van der Waals surface area (Å²) in [5.74, 6) is 0.777. The van der Waals surface area contributed by atoms with Crippen LogP contribution in [0, 0.1) is 0 Å². The van der Waals surface area contributed by atoms with Crippen LogP contribution in [-0.4, -0.2) is 12.1 Å². The Morgan fingerprint density at radius 3 is 2.90 bits per heavy atom. The predicted molar refractivity (Wildman–Crippen MR) is 88.6 cm³/mol. The first-order valence-corrected chi connectivity index (χ1v) is 7.81. The van der Waals surface area contributed by atoms with Crippen molar-refractivity contribution >= 4 is 59.9 Å². The van der Waals surface area contributed by atoms with Crippen LogP contribution in [0.5, 0.6) is 5.75 Å². The number of nitrogens with zero attached hydrogens (tertiary/aromatic N) is 1. The van der Waals surface area contributed by atoms with E-state index in [1.165, 1.54) is 0 Å². The Morgan fingerprint density at radius 2 is 2.10 bits per heavy atom. The quantitative estimate of drug-likeness (QED) is 0.665. The van der Waals surface area contributed by atoms with E-state index in [0.717, 1.165) is 36.3 Å². The van der Waals surface area contributed by atoms with Crippen LogP contribution >= 0.6 is 38.9 Å². The molecule has 3 rings (SSSR count). The number of thiazole rings is 1. The lowest BCUT2D eigenvalue weighted by Crippen LogP contribution is -1.91. The minimum absolute atomic E-state index is 0.720. The SMILES string of the molecule is COc1cc(Nc2nc3ccc(Cl)cc3s2)ccc1Br. The average molecular weight is 370 g/mol. The van der Waals surface area contributed by atoms with Crippen LogP contribution < -0.4 is 10.1 Å². The first kappa shape index (κ1) is 13.7. The summed E-state index contributed by atoms with van der Waals surface area (Å²) in [6, 6.07) is 11.5. The van der Waals surface area contributed by atoms with Gasteiger partial charge in [0, 0.05) is 16.8 Å². The van der Waals surface area contributed by atoms with Gasteiger partial charge in [0.05, 0.1) is 21.8 Å². The molecule has 0 saturated carbocycles. The standard InChI is InChI=1S/C14H10BrClN2OS/c1-19-12-7-9(3-4-10(12)15)17-14-18-11-5-2-8(16)6-13(11)20-14/h2-7H,1H3,(H,17,18). The molecule has 1 heterocycles. The predicted octanol–water partition coefficient (Wildman–Crippen LogP) is 5.46. The molecule has 0 bridgehead atoms. The summed E-state index contributed by atoms with van der Waals surface area (Å²) in [7, 11) is 1.64. The fourth-order valence-corrected chi connectivity index (χ4v) is 3.38. The molecule has 0 amide bonds. The number of nitrogens with one attached hydrogen (secondary N) is 1. The summed E-state index contributed by atoms with van der Waals surface area (Å²) in [6.45, 7) is 0. The van der Waals surface area contributed by atoms with Gasteiger partial charge in [-0.15, -0.1) is 0 Å². The van der Waals surface area contributed by atoms with E-state index < -0.39 is 0 Å². The Labute approximate surface area is 133 Å². The molecule has 0 aliphatic carbocycles. The molecule has 2 aromatic carbocycles. The third-order valence-electron chi connectivity index (χ3n) is 2.75. The number of methoxy groups -OCH3 is 1. The third-order valence-corrected chi connectivity index (χ3v) is 4.58. The zero-order chi connectivity index (χ0) is 14.1. The summed E-state index contributed by atoms with van der Waals surface area (Å²) in [6.07, 6.45) is 0. The first-order chi connectivity index (χ1) is 9.65. The van der Waals surface area contributed by atoms with E-state index in [4.69, 9.17) is 16.3 Å². The van der Waals surface area contributed by atoms with Crippen molar-refractivity contribution in [3.8, 4) is 5.75 Å². The topological polar surface area (TPSA) is 34.1 Å². The van der Waals surface area contributed by atoms with Crippen molar-refractivity contribution in [2.75, 3.05) is 12.4 Å². The summed E-state index contributed by atoms with van der Waals surface area (Å²) in [5, 5.41) is 4.82. The molecule has 102 valence electrons. The van der Waals surface area contributed by atoms with Crippen LogP contribution in [-0.2, 0) is 0 Å². The van der Waals surface area contributed by atoms with Gasteiger partial charge in [0.15, 0.2) is 5.13 Å². The Bertz CT molecular complexity index is 775. The average Bonchev–Trinajstić information content (AvgIpc) is 2.82. The van der Waals surface area contributed by atoms with Crippen LogP contribution in [0.1, 0.15) is 0 Å². The summed E-state index contributed by atoms with van der Waals surface area (Å²) < 4.78 is 7.25. The molecule has 0 atom stereocenters. The van der Waals surface area contributed by atoms with Gasteiger partial charge in [-0.2, -0.15) is 0 Å². The molecule has 0 fully saturated rings. The Morgan fingerprint density at radius 1 is 1.25 bits per heavy atom. The molecule has 0 aliphatic rings. The van der Waals surface area contributed by atoms with Crippen LogP contribution in [0.2, 0.25) is 5.02 Å². The molecule has 1 aromatic heterocycles. The first-order valence-electron chi connectivity index (χ1n) is 5.82. The number of fused-ring (bicyclic) bond motifs is 1. The maximum Gasteiger partial charge on any atom is 0.188 e. The largest absolute Gasteiger partial charge is 0.495 e. The maximum absolute atomic E-state index is 5.98. The monoisotopic (exact) mass is 368 g/mol. The fourth-order valence-electron chi connectivity index (χ4n) is 1.81. The normalized spacial score (nSPS) is 10.8. The van der Waals surface area contributed by atoms with Crippen molar-refractivity contribution in [2.45, 2.75) is 0 Å². The van der Waals surface area contributed by atoms with Gasteiger partial charge in [0.1, 0.15) is 5.75 Å². The highest BCUT2D eigenvalue weighted by Gasteiger charge is 2.06. The second kappa shape index (κ2) is 5.60. The number of anilines is 2. The van der Waals surface area contributed by atoms with Crippen LogP contribution in [0.25, 0.3) is 10.2 Å². The number of benzene rings is 2. The number of halogens is 2. The minimum Gasteiger partial charge on any atom is -0.495 e. The highest BCUT2D eigenvalue weighted by Crippen LogP contribution is 2.33. The van der Waals surface area contributed by atoms with Gasteiger partial charge in [-0.3, -0.25) is 0 Å². The van der Waals surface area contributed by atoms with Crippen molar-refractivity contribution in [1.29, 1.82) is 0 Å². The molecule has 0 saturated heterocycles. The van der Waals surface area contributed by atoms with E-state index in [-0.39, 0.29) is 0 Å². The third kappa shape index (κ3) is 2.75. The van der Waals surface area contributed by atoms with E-state index in [0.29, 0.717) is 0 Å². The number of hydrogen-bond donors (Lipinski definition) is 1. The van der Waals surface area contributed by atoms with Crippen molar-refractivity contribution < 1.29 is 4.74 Å². The second-order valence-electron chi connectivity index (χ2n) is 4.11. The zero-order valence-corrected chi connectivity index (χ0v) is 13.6. The van der Waals surface area contributed by atoms with Gasteiger partial charge in [-0.25, -0.2) is 4.98 Å². The second-order valence-corrected chi connectivity index (χ2v) is 6.43. The molecule has 0 radical (unpaired) electrons. The van der Waals surface area contributed by atoms with E-state index in [1.54, 1.807) is 18.4 Å². The molecule has 3 aromatic rings. The molecule has 0 spiro atoms. The highest BCUT2D eigenvalue weighted by atomic mass is 79.9. The van der Waals surface area contributed by atoms with E-state index >= 15 is 0 Å². The highest BCUT2D eigenvalue weighted by molar-refractivity contribution is 9.10. The maximum atomic E-state index is 5.98. The van der Waals surface area contributed by atoms with Gasteiger partial charge in [-0.1, -0.05) is 22.9 Å². The van der Waals surface area contributed by atoms with Crippen molar-refractivity contribution in [2.24, 2.45) is 0 Å². The lowest BCUT2D eigenvalue weighted by atomic mass is 10.3. The summed E-state index contributed by atoms with van der Waals surface area (Å²) in [5.41, 5.74) is 1.86. The number of aromatic nitrogens is 1. The number of hydrogen-bond acceptors (Lipinski definition) is 4. The van der Waals surface area contributed by atoms with Crippen LogP contribution in [0.3, 0.4) is 0 Å². The van der Waals surface area contributed by atoms with Crippen molar-refractivity contribution in [3.63, 3.8) is 0 Å². The minimum atomic E-state index is 0.720. The Kier molecular flexibility index (Phi) is 3.83. The molecule has 0 aliphatic heterocycles. The van der Waals surface area contributed by atoms with E-state index in [2.05, 4.69) is 26.2 Å². The van der Waals surface area contributed by atoms with E-state index in [9.17, 15) is 0 Å². The van der Waals surface area contributed by atoms with Crippen LogP contribution in [0.15, 0.2) is 40.9 Å². The molecule has 6 heteroatoms. The van der Waals surface area contributed by atoms with Gasteiger partial charge in [0.2, 0.25) is 0 Å². The van der Waals surface area contributed by atoms with Gasteiger partial charge < -0.3 is 10.1 Å². The Hall–Kier alpha value is -1.30. The molecular formula is C14H10BrClN2OS. The van der Waals surface area contributed by atoms with Gasteiger partial charge >= 0.3 is 0 Å². The molecular weight excluding hydrogens is 360 g/mol. The lowest BCUT2D eigenvalue weighted by molar-refractivity contribution is 0.412.